The molecule has 1 heteroatoms. The van der Waals surface area contributed by atoms with E-state index in [0.717, 1.165) is 12.0 Å². The Labute approximate surface area is 91.9 Å². The second-order valence-electron chi connectivity index (χ2n) is 4.19. The van der Waals surface area contributed by atoms with Gasteiger partial charge in [-0.1, -0.05) is 41.0 Å². The quantitative estimate of drug-likeness (QED) is 0.615. The van der Waals surface area contributed by atoms with Gasteiger partial charge in [-0.25, -0.2) is 0 Å². The van der Waals surface area contributed by atoms with Crippen molar-refractivity contribution in [1.29, 1.82) is 0 Å². The summed E-state index contributed by atoms with van der Waals surface area (Å²) in [6.45, 7) is 17.8. The maximum absolute atomic E-state index is 2.55. The van der Waals surface area contributed by atoms with Crippen LogP contribution in [0.1, 0.15) is 61.3 Å². The van der Waals surface area contributed by atoms with Crippen molar-refractivity contribution in [3.63, 3.8) is 0 Å². The third-order valence-electron chi connectivity index (χ3n) is 2.19. The van der Waals surface area contributed by atoms with E-state index in [9.17, 15) is 0 Å². The molecule has 1 fully saturated rings. The van der Waals surface area contributed by atoms with Gasteiger partial charge >= 0.3 is 0 Å². The highest BCUT2D eigenvalue weighted by Gasteiger charge is 2.19. The van der Waals surface area contributed by atoms with Crippen LogP contribution in [0.4, 0.5) is 0 Å². The lowest BCUT2D eigenvalue weighted by Crippen LogP contribution is -2.27. The molecule has 1 saturated heterocycles. The molecule has 0 aromatic carbocycles. The second kappa shape index (κ2) is 11.0. The third kappa shape index (κ3) is 8.55. The first kappa shape index (κ1) is 16.4. The minimum atomic E-state index is 0.759. The standard InChI is InChI=1S/C8H17N.C3H8.C2H6/c1-7(2)9-5-4-8(3)6-9;1-3-2;1-2/h7-8H,4-6H2,1-3H3;3H2,1-2H3;1-2H3. The van der Waals surface area contributed by atoms with Crippen molar-refractivity contribution in [3.8, 4) is 0 Å². The average Bonchev–Trinajstić information content (AvgIpc) is 2.57. The number of likely N-dealkylation sites (tertiary alicyclic amines) is 1. The first-order valence-corrected chi connectivity index (χ1v) is 6.35. The summed E-state index contributed by atoms with van der Waals surface area (Å²) in [6, 6.07) is 0.759. The van der Waals surface area contributed by atoms with Crippen LogP contribution in [0.2, 0.25) is 0 Å². The van der Waals surface area contributed by atoms with Gasteiger partial charge < -0.3 is 4.90 Å². The molecule has 0 aliphatic carbocycles. The largest absolute Gasteiger partial charge is 0.301 e. The third-order valence-corrected chi connectivity index (χ3v) is 2.19. The van der Waals surface area contributed by atoms with E-state index in [1.165, 1.54) is 25.9 Å². The van der Waals surface area contributed by atoms with E-state index in [-0.39, 0.29) is 0 Å². The van der Waals surface area contributed by atoms with Gasteiger partial charge in [0.05, 0.1) is 0 Å². The van der Waals surface area contributed by atoms with Crippen LogP contribution < -0.4 is 0 Å². The number of rotatable bonds is 1. The molecule has 0 bridgehead atoms. The van der Waals surface area contributed by atoms with Crippen LogP contribution >= 0.6 is 0 Å². The minimum Gasteiger partial charge on any atom is -0.301 e. The number of nitrogens with zero attached hydrogens (tertiary/aromatic N) is 1. The second-order valence-corrected chi connectivity index (χ2v) is 4.19. The molecule has 14 heavy (non-hydrogen) atoms. The Morgan fingerprint density at radius 1 is 1.21 bits per heavy atom. The van der Waals surface area contributed by atoms with Gasteiger partial charge in [-0.15, -0.1) is 0 Å². The van der Waals surface area contributed by atoms with Gasteiger partial charge in [0.15, 0.2) is 0 Å². The van der Waals surface area contributed by atoms with Gasteiger partial charge in [0.1, 0.15) is 0 Å². The molecule has 1 aliphatic rings. The molecule has 1 nitrogen and oxygen atoms in total. The van der Waals surface area contributed by atoms with Crippen molar-refractivity contribution in [2.24, 2.45) is 5.92 Å². The minimum absolute atomic E-state index is 0.759. The predicted molar refractivity (Wildman–Crippen MR) is 67.8 cm³/mol. The highest BCUT2D eigenvalue weighted by Crippen LogP contribution is 2.16. The molecule has 1 unspecified atom stereocenters. The van der Waals surface area contributed by atoms with Crippen LogP contribution in [0.25, 0.3) is 0 Å². The molecule has 1 heterocycles. The van der Waals surface area contributed by atoms with Gasteiger partial charge in [-0.2, -0.15) is 0 Å². The number of hydrogen-bond acceptors (Lipinski definition) is 1. The summed E-state index contributed by atoms with van der Waals surface area (Å²) in [5, 5.41) is 0. The van der Waals surface area contributed by atoms with Crippen molar-refractivity contribution < 1.29 is 0 Å². The fourth-order valence-electron chi connectivity index (χ4n) is 1.44. The van der Waals surface area contributed by atoms with Crippen molar-refractivity contribution in [3.05, 3.63) is 0 Å². The molecule has 1 rings (SSSR count). The van der Waals surface area contributed by atoms with E-state index in [1.54, 1.807) is 0 Å². The van der Waals surface area contributed by atoms with E-state index >= 15 is 0 Å². The average molecular weight is 201 g/mol. The summed E-state index contributed by atoms with van der Waals surface area (Å²) in [4.78, 5) is 2.55. The van der Waals surface area contributed by atoms with Gasteiger partial charge in [0, 0.05) is 12.6 Å². The van der Waals surface area contributed by atoms with E-state index in [4.69, 9.17) is 0 Å². The van der Waals surface area contributed by atoms with Crippen molar-refractivity contribution in [1.82, 2.24) is 4.90 Å². The Morgan fingerprint density at radius 2 is 1.64 bits per heavy atom. The fraction of sp³-hybridized carbons (Fsp3) is 1.00. The molecule has 0 spiro atoms. The van der Waals surface area contributed by atoms with Gasteiger partial charge in [-0.05, 0) is 32.7 Å². The van der Waals surface area contributed by atoms with Crippen LogP contribution in [-0.4, -0.2) is 24.0 Å². The summed E-state index contributed by atoms with van der Waals surface area (Å²) in [5.74, 6) is 0.937. The molecular weight excluding hydrogens is 170 g/mol. The molecule has 0 amide bonds. The van der Waals surface area contributed by atoms with E-state index in [2.05, 4.69) is 39.5 Å². The summed E-state index contributed by atoms with van der Waals surface area (Å²) in [7, 11) is 0. The fourth-order valence-corrected chi connectivity index (χ4v) is 1.44. The molecule has 88 valence electrons. The predicted octanol–water partition coefficient (Wildman–Crippen LogP) is 4.18. The first-order chi connectivity index (χ1) is 6.61. The Hall–Kier alpha value is -0.0400. The zero-order valence-corrected chi connectivity index (χ0v) is 11.4. The Bertz CT molecular complexity index is 99.4. The molecule has 0 aromatic heterocycles. The topological polar surface area (TPSA) is 3.24 Å². The molecular formula is C13H31N. The van der Waals surface area contributed by atoms with Gasteiger partial charge in [0.25, 0.3) is 0 Å². The van der Waals surface area contributed by atoms with Gasteiger partial charge in [0.2, 0.25) is 0 Å². The number of hydrogen-bond donors (Lipinski definition) is 0. The van der Waals surface area contributed by atoms with E-state index in [0.29, 0.717) is 0 Å². The highest BCUT2D eigenvalue weighted by atomic mass is 15.2. The summed E-state index contributed by atoms with van der Waals surface area (Å²) >= 11 is 0. The SMILES string of the molecule is CC.CC1CCN(C(C)C)C1.CCC. The van der Waals surface area contributed by atoms with Crippen LogP contribution in [0.5, 0.6) is 0 Å². The maximum atomic E-state index is 2.55. The molecule has 0 N–H and O–H groups in total. The van der Waals surface area contributed by atoms with Crippen molar-refractivity contribution in [2.45, 2.75) is 67.3 Å². The molecule has 0 radical (unpaired) electrons. The van der Waals surface area contributed by atoms with Crippen LogP contribution in [0.3, 0.4) is 0 Å². The van der Waals surface area contributed by atoms with E-state index in [1.807, 2.05) is 13.8 Å². The smallest absolute Gasteiger partial charge is 0.00387 e. The van der Waals surface area contributed by atoms with Crippen LogP contribution in [0.15, 0.2) is 0 Å². The maximum Gasteiger partial charge on any atom is 0.00387 e. The molecule has 0 saturated carbocycles. The summed E-state index contributed by atoms with van der Waals surface area (Å²) < 4.78 is 0. The molecule has 1 aliphatic heterocycles. The van der Waals surface area contributed by atoms with Gasteiger partial charge in [-0.3, -0.25) is 0 Å². The van der Waals surface area contributed by atoms with Crippen molar-refractivity contribution in [2.75, 3.05) is 13.1 Å². The lowest BCUT2D eigenvalue weighted by molar-refractivity contribution is 0.267. The lowest BCUT2D eigenvalue weighted by Gasteiger charge is -2.19. The highest BCUT2D eigenvalue weighted by molar-refractivity contribution is 4.74. The summed E-state index contributed by atoms with van der Waals surface area (Å²) in [5.41, 5.74) is 0. The Kier molecular flexibility index (Phi) is 12.9. The molecule has 0 aromatic rings. The van der Waals surface area contributed by atoms with Crippen molar-refractivity contribution >= 4 is 0 Å². The normalized spacial score (nSPS) is 21.0. The Balaban J connectivity index is 0. The Morgan fingerprint density at radius 3 is 1.79 bits per heavy atom. The zero-order valence-electron chi connectivity index (χ0n) is 11.4. The van der Waals surface area contributed by atoms with Crippen LogP contribution in [-0.2, 0) is 0 Å². The lowest BCUT2D eigenvalue weighted by atomic mass is 10.2. The first-order valence-electron chi connectivity index (χ1n) is 6.35. The summed E-state index contributed by atoms with van der Waals surface area (Å²) in [6.07, 6.45) is 2.65. The van der Waals surface area contributed by atoms with Crippen LogP contribution in [0, 0.1) is 5.92 Å². The zero-order chi connectivity index (χ0) is 11.6. The van der Waals surface area contributed by atoms with E-state index < -0.39 is 0 Å². The monoisotopic (exact) mass is 201 g/mol. The molecule has 1 atom stereocenters.